The van der Waals surface area contributed by atoms with Crippen LogP contribution in [0.25, 0.3) is 0 Å². The van der Waals surface area contributed by atoms with Crippen LogP contribution in [0.4, 0.5) is 11.4 Å². The number of carbonyl (C=O) groups is 1. The average Bonchev–Trinajstić information content (AvgIpc) is 2.76. The molecule has 3 aromatic carbocycles. The highest BCUT2D eigenvalue weighted by atomic mass is 32.2. The molecule has 0 fully saturated rings. The van der Waals surface area contributed by atoms with Crippen LogP contribution in [0.15, 0.2) is 65.6 Å². The summed E-state index contributed by atoms with van der Waals surface area (Å²) in [5.74, 6) is 0.570. The Morgan fingerprint density at radius 3 is 2.48 bits per heavy atom. The first-order chi connectivity index (χ1) is 14.8. The van der Waals surface area contributed by atoms with E-state index in [9.17, 15) is 13.2 Å². The van der Waals surface area contributed by atoms with E-state index in [1.54, 1.807) is 24.3 Å². The van der Waals surface area contributed by atoms with Crippen molar-refractivity contribution in [1.82, 2.24) is 0 Å². The first-order valence-corrected chi connectivity index (χ1v) is 11.2. The van der Waals surface area contributed by atoms with Crippen molar-refractivity contribution < 1.29 is 22.7 Å². The van der Waals surface area contributed by atoms with Gasteiger partial charge in [-0.1, -0.05) is 18.2 Å². The van der Waals surface area contributed by atoms with E-state index in [-0.39, 0.29) is 16.5 Å². The van der Waals surface area contributed by atoms with E-state index in [0.29, 0.717) is 36.0 Å². The van der Waals surface area contributed by atoms with Gasteiger partial charge in [0.05, 0.1) is 4.90 Å². The number of hydrogen-bond donors (Lipinski definition) is 2. The second kappa shape index (κ2) is 8.31. The molecule has 1 amide bonds. The summed E-state index contributed by atoms with van der Waals surface area (Å²) in [7, 11) is -3.88. The maximum absolute atomic E-state index is 12.8. The normalized spacial score (nSPS) is 12.8. The molecule has 0 bridgehead atoms. The van der Waals surface area contributed by atoms with Gasteiger partial charge in [0.2, 0.25) is 0 Å². The number of fused-ring (bicyclic) bond motifs is 1. The molecule has 0 atom stereocenters. The molecule has 31 heavy (non-hydrogen) atoms. The van der Waals surface area contributed by atoms with Crippen LogP contribution in [0.1, 0.15) is 21.5 Å². The number of ether oxygens (including phenoxy) is 2. The molecule has 7 nitrogen and oxygen atoms in total. The number of rotatable bonds is 5. The van der Waals surface area contributed by atoms with E-state index in [4.69, 9.17) is 9.47 Å². The van der Waals surface area contributed by atoms with Gasteiger partial charge in [0, 0.05) is 23.0 Å². The Labute approximate surface area is 181 Å². The number of nitrogens with one attached hydrogen (secondary N) is 2. The third kappa shape index (κ3) is 4.64. The fourth-order valence-electron chi connectivity index (χ4n) is 3.19. The highest BCUT2D eigenvalue weighted by Crippen LogP contribution is 2.32. The molecule has 0 saturated heterocycles. The van der Waals surface area contributed by atoms with E-state index >= 15 is 0 Å². The average molecular weight is 439 g/mol. The molecule has 8 heteroatoms. The molecule has 1 aliphatic heterocycles. The molecular weight excluding hydrogens is 416 g/mol. The van der Waals surface area contributed by atoms with Gasteiger partial charge < -0.3 is 14.8 Å². The zero-order valence-electron chi connectivity index (χ0n) is 17.1. The molecule has 0 spiro atoms. The van der Waals surface area contributed by atoms with Crippen molar-refractivity contribution in [2.75, 3.05) is 23.3 Å². The largest absolute Gasteiger partial charge is 0.486 e. The quantitative estimate of drug-likeness (QED) is 0.625. The van der Waals surface area contributed by atoms with E-state index in [2.05, 4.69) is 10.0 Å². The maximum Gasteiger partial charge on any atom is 0.262 e. The Morgan fingerprint density at radius 2 is 1.68 bits per heavy atom. The Hall–Kier alpha value is -3.52. The second-order valence-electron chi connectivity index (χ2n) is 7.26. The number of hydrogen-bond acceptors (Lipinski definition) is 5. The lowest BCUT2D eigenvalue weighted by molar-refractivity contribution is 0.102. The van der Waals surface area contributed by atoms with Crippen molar-refractivity contribution in [3.05, 3.63) is 77.4 Å². The third-order valence-corrected chi connectivity index (χ3v) is 6.22. The van der Waals surface area contributed by atoms with Crippen molar-refractivity contribution in [2.24, 2.45) is 0 Å². The van der Waals surface area contributed by atoms with Gasteiger partial charge in [-0.15, -0.1) is 0 Å². The lowest BCUT2D eigenvalue weighted by Crippen LogP contribution is -2.18. The van der Waals surface area contributed by atoms with Crippen LogP contribution < -0.4 is 19.5 Å². The van der Waals surface area contributed by atoms with Gasteiger partial charge in [0.1, 0.15) is 13.2 Å². The van der Waals surface area contributed by atoms with Gasteiger partial charge >= 0.3 is 0 Å². The lowest BCUT2D eigenvalue weighted by atomic mass is 10.1. The predicted octanol–water partition coefficient (Wildman–Crippen LogP) is 4.13. The van der Waals surface area contributed by atoms with E-state index < -0.39 is 10.0 Å². The van der Waals surface area contributed by atoms with Crippen LogP contribution in [0.2, 0.25) is 0 Å². The van der Waals surface area contributed by atoms with Crippen molar-refractivity contribution in [1.29, 1.82) is 0 Å². The Morgan fingerprint density at radius 1 is 0.903 bits per heavy atom. The number of amides is 1. The molecule has 1 aliphatic rings. The van der Waals surface area contributed by atoms with Gasteiger partial charge in [0.15, 0.2) is 11.5 Å². The number of benzene rings is 3. The summed E-state index contributed by atoms with van der Waals surface area (Å²) >= 11 is 0. The van der Waals surface area contributed by atoms with Gasteiger partial charge in [-0.25, -0.2) is 8.42 Å². The highest BCUT2D eigenvalue weighted by Gasteiger charge is 2.20. The summed E-state index contributed by atoms with van der Waals surface area (Å²) in [6.07, 6.45) is 0. The number of sulfonamides is 1. The van der Waals surface area contributed by atoms with Crippen LogP contribution in [0.5, 0.6) is 11.5 Å². The zero-order chi connectivity index (χ0) is 22.0. The van der Waals surface area contributed by atoms with Crippen molar-refractivity contribution >= 4 is 27.3 Å². The molecule has 1 heterocycles. The van der Waals surface area contributed by atoms with E-state index in [1.165, 1.54) is 18.2 Å². The minimum Gasteiger partial charge on any atom is -0.486 e. The molecule has 4 rings (SSSR count). The fourth-order valence-corrected chi connectivity index (χ4v) is 4.26. The summed E-state index contributed by atoms with van der Waals surface area (Å²) in [4.78, 5) is 12.8. The zero-order valence-corrected chi connectivity index (χ0v) is 18.0. The van der Waals surface area contributed by atoms with Crippen LogP contribution in [0, 0.1) is 13.8 Å². The SMILES string of the molecule is Cc1ccc(C)c(NC(=O)c2cccc(NS(=O)(=O)c3ccc4c(c3)OCCO4)c2)c1. The summed E-state index contributed by atoms with van der Waals surface area (Å²) in [5, 5.41) is 2.88. The predicted molar refractivity (Wildman–Crippen MR) is 119 cm³/mol. The molecule has 2 N–H and O–H groups in total. The lowest BCUT2D eigenvalue weighted by Gasteiger charge is -2.19. The van der Waals surface area contributed by atoms with Gasteiger partial charge in [-0.3, -0.25) is 9.52 Å². The van der Waals surface area contributed by atoms with Gasteiger partial charge in [0.25, 0.3) is 15.9 Å². The minimum atomic E-state index is -3.88. The fraction of sp³-hybridized carbons (Fsp3) is 0.174. The molecule has 0 aliphatic carbocycles. The monoisotopic (exact) mass is 438 g/mol. The number of aryl methyl sites for hydroxylation is 2. The molecular formula is C23H22N2O5S. The van der Waals surface area contributed by atoms with Crippen molar-refractivity contribution in [2.45, 2.75) is 18.7 Å². The summed E-state index contributed by atoms with van der Waals surface area (Å²) in [6, 6.07) is 16.6. The molecule has 160 valence electrons. The van der Waals surface area contributed by atoms with Crippen LogP contribution >= 0.6 is 0 Å². The number of carbonyl (C=O) groups excluding carboxylic acids is 1. The van der Waals surface area contributed by atoms with Crippen LogP contribution in [0.3, 0.4) is 0 Å². The van der Waals surface area contributed by atoms with E-state index in [0.717, 1.165) is 11.1 Å². The highest BCUT2D eigenvalue weighted by molar-refractivity contribution is 7.92. The first-order valence-electron chi connectivity index (χ1n) is 9.73. The van der Waals surface area contributed by atoms with Crippen molar-refractivity contribution in [3.8, 4) is 11.5 Å². The summed E-state index contributed by atoms with van der Waals surface area (Å²) in [6.45, 7) is 4.64. The van der Waals surface area contributed by atoms with Gasteiger partial charge in [-0.05, 0) is 61.4 Å². The Bertz CT molecular complexity index is 1250. The van der Waals surface area contributed by atoms with Crippen LogP contribution in [-0.2, 0) is 10.0 Å². The summed E-state index contributed by atoms with van der Waals surface area (Å²) < 4.78 is 39.1. The van der Waals surface area contributed by atoms with Gasteiger partial charge in [-0.2, -0.15) is 0 Å². The standard InChI is InChI=1S/C23H22N2O5S/c1-15-6-7-16(2)20(12-15)24-23(26)17-4-3-5-18(13-17)25-31(27,28)19-8-9-21-22(14-19)30-11-10-29-21/h3-9,12-14,25H,10-11H2,1-2H3,(H,24,26). The van der Waals surface area contributed by atoms with E-state index in [1.807, 2.05) is 32.0 Å². The first kappa shape index (κ1) is 20.7. The molecule has 0 radical (unpaired) electrons. The summed E-state index contributed by atoms with van der Waals surface area (Å²) in [5.41, 5.74) is 3.30. The topological polar surface area (TPSA) is 93.7 Å². The second-order valence-corrected chi connectivity index (χ2v) is 8.95. The molecule has 3 aromatic rings. The third-order valence-electron chi connectivity index (χ3n) is 4.84. The minimum absolute atomic E-state index is 0.0435. The molecule has 0 unspecified atom stereocenters. The maximum atomic E-state index is 12.8. The smallest absolute Gasteiger partial charge is 0.262 e. The number of anilines is 2. The molecule has 0 saturated carbocycles. The van der Waals surface area contributed by atoms with Crippen LogP contribution in [-0.4, -0.2) is 27.5 Å². The Kier molecular flexibility index (Phi) is 5.56. The Balaban J connectivity index is 1.54. The molecule has 0 aromatic heterocycles. The van der Waals surface area contributed by atoms with Crippen molar-refractivity contribution in [3.63, 3.8) is 0 Å².